The van der Waals surface area contributed by atoms with Gasteiger partial charge in [-0.25, -0.2) is 0 Å². The van der Waals surface area contributed by atoms with Crippen LogP contribution in [0.25, 0.3) is 0 Å². The van der Waals surface area contributed by atoms with Crippen LogP contribution in [0.2, 0.25) is 0 Å². The summed E-state index contributed by atoms with van der Waals surface area (Å²) >= 11 is 1.42. The first kappa shape index (κ1) is 19.3. The molecule has 2 aromatic carbocycles. The van der Waals surface area contributed by atoms with Crippen molar-refractivity contribution < 1.29 is 14.6 Å². The number of rotatable bonds is 9. The second-order valence-corrected chi connectivity index (χ2v) is 7.06. The van der Waals surface area contributed by atoms with Gasteiger partial charge in [-0.2, -0.15) is 0 Å². The molecule has 2 aromatic rings. The minimum absolute atomic E-state index is 0.0413. The van der Waals surface area contributed by atoms with Crippen LogP contribution in [0.4, 0.5) is 0 Å². The van der Waals surface area contributed by atoms with Gasteiger partial charge in [-0.1, -0.05) is 42.5 Å². The van der Waals surface area contributed by atoms with E-state index in [1.165, 1.54) is 11.8 Å². The van der Waals surface area contributed by atoms with E-state index in [-0.39, 0.29) is 12.0 Å². The fourth-order valence-electron chi connectivity index (χ4n) is 2.29. The maximum absolute atomic E-state index is 12.0. The third-order valence-electron chi connectivity index (χ3n) is 3.45. The molecule has 25 heavy (non-hydrogen) atoms. The molecule has 0 aliphatic heterocycles. The van der Waals surface area contributed by atoms with Crippen LogP contribution in [-0.2, 0) is 11.3 Å². The van der Waals surface area contributed by atoms with E-state index in [0.29, 0.717) is 18.1 Å². The molecule has 0 saturated heterocycles. The van der Waals surface area contributed by atoms with Gasteiger partial charge in [-0.05, 0) is 37.1 Å². The van der Waals surface area contributed by atoms with Crippen LogP contribution in [-0.4, -0.2) is 28.6 Å². The van der Waals surface area contributed by atoms with Crippen molar-refractivity contribution in [1.82, 2.24) is 5.32 Å². The van der Waals surface area contributed by atoms with Gasteiger partial charge in [0.2, 0.25) is 5.91 Å². The molecule has 0 aromatic heterocycles. The van der Waals surface area contributed by atoms with Crippen molar-refractivity contribution in [3.8, 4) is 5.75 Å². The quantitative estimate of drug-likeness (QED) is 0.719. The highest BCUT2D eigenvalue weighted by atomic mass is 32.2. The molecule has 0 saturated carbocycles. The van der Waals surface area contributed by atoms with E-state index >= 15 is 0 Å². The fourth-order valence-corrected chi connectivity index (χ4v) is 3.11. The molecule has 2 rings (SSSR count). The Morgan fingerprint density at radius 3 is 2.64 bits per heavy atom. The summed E-state index contributed by atoms with van der Waals surface area (Å²) in [4.78, 5) is 12.0. The van der Waals surface area contributed by atoms with Crippen molar-refractivity contribution in [2.45, 2.75) is 32.6 Å². The largest absolute Gasteiger partial charge is 0.491 e. The first-order valence-electron chi connectivity index (χ1n) is 8.37. The van der Waals surface area contributed by atoms with E-state index in [4.69, 9.17) is 4.74 Å². The summed E-state index contributed by atoms with van der Waals surface area (Å²) in [5.41, 5.74) is 1.87. The van der Waals surface area contributed by atoms with Gasteiger partial charge in [0, 0.05) is 12.3 Å². The predicted molar refractivity (Wildman–Crippen MR) is 103 cm³/mol. The molecule has 0 aliphatic carbocycles. The van der Waals surface area contributed by atoms with Gasteiger partial charge in [0.15, 0.2) is 0 Å². The molecule has 0 aliphatic rings. The number of amides is 1. The Bertz CT molecular complexity index is 661. The van der Waals surface area contributed by atoms with Crippen molar-refractivity contribution in [3.63, 3.8) is 0 Å². The van der Waals surface area contributed by atoms with E-state index in [9.17, 15) is 9.90 Å². The second-order valence-electron chi connectivity index (χ2n) is 6.03. The van der Waals surface area contributed by atoms with E-state index in [1.54, 1.807) is 0 Å². The molecule has 134 valence electrons. The molecule has 1 unspecified atom stereocenters. The molecule has 5 heteroatoms. The Balaban J connectivity index is 1.70. The van der Waals surface area contributed by atoms with Gasteiger partial charge in [-0.15, -0.1) is 11.8 Å². The first-order chi connectivity index (χ1) is 12.0. The van der Waals surface area contributed by atoms with Crippen molar-refractivity contribution >= 4 is 17.7 Å². The molecule has 1 atom stereocenters. The lowest BCUT2D eigenvalue weighted by molar-refractivity contribution is -0.118. The second kappa shape index (κ2) is 10.1. The van der Waals surface area contributed by atoms with Gasteiger partial charge in [-0.3, -0.25) is 4.79 Å². The van der Waals surface area contributed by atoms with Crippen LogP contribution < -0.4 is 10.1 Å². The summed E-state index contributed by atoms with van der Waals surface area (Å²) in [7, 11) is 0. The Hall–Kier alpha value is -1.98. The Morgan fingerprint density at radius 2 is 1.92 bits per heavy atom. The SMILES string of the molecule is CC(C)Oc1cccc(CNC(=O)CSCC(O)c2ccccc2)c1. The standard InChI is InChI=1S/C20H25NO3S/c1-15(2)24-18-10-6-7-16(11-18)12-21-20(23)14-25-13-19(22)17-8-4-3-5-9-17/h3-11,15,19,22H,12-14H2,1-2H3,(H,21,23). The zero-order chi connectivity index (χ0) is 18.1. The molecule has 0 fully saturated rings. The number of nitrogens with one attached hydrogen (secondary N) is 1. The lowest BCUT2D eigenvalue weighted by atomic mass is 10.1. The number of ether oxygens (including phenoxy) is 1. The van der Waals surface area contributed by atoms with Crippen LogP contribution >= 0.6 is 11.8 Å². The molecule has 0 heterocycles. The monoisotopic (exact) mass is 359 g/mol. The average Bonchev–Trinajstić information content (AvgIpc) is 2.60. The smallest absolute Gasteiger partial charge is 0.230 e. The van der Waals surface area contributed by atoms with Gasteiger partial charge in [0.05, 0.1) is 18.0 Å². The first-order valence-corrected chi connectivity index (χ1v) is 9.53. The van der Waals surface area contributed by atoms with Crippen molar-refractivity contribution in [3.05, 3.63) is 65.7 Å². The van der Waals surface area contributed by atoms with Gasteiger partial charge in [0.25, 0.3) is 0 Å². The summed E-state index contributed by atoms with van der Waals surface area (Å²) in [6, 6.07) is 17.2. The van der Waals surface area contributed by atoms with E-state index in [2.05, 4.69) is 5.32 Å². The highest BCUT2D eigenvalue weighted by molar-refractivity contribution is 7.99. The number of hydrogen-bond donors (Lipinski definition) is 2. The highest BCUT2D eigenvalue weighted by Crippen LogP contribution is 2.18. The Kier molecular flexibility index (Phi) is 7.82. The third-order valence-corrected chi connectivity index (χ3v) is 4.47. The summed E-state index contributed by atoms with van der Waals surface area (Å²) in [5, 5.41) is 13.0. The lowest BCUT2D eigenvalue weighted by Gasteiger charge is -2.12. The molecule has 1 amide bonds. The van der Waals surface area contributed by atoms with Crippen molar-refractivity contribution in [1.29, 1.82) is 0 Å². The van der Waals surface area contributed by atoms with Crippen molar-refractivity contribution in [2.24, 2.45) is 0 Å². The van der Waals surface area contributed by atoms with Crippen LogP contribution in [0.3, 0.4) is 0 Å². The summed E-state index contributed by atoms with van der Waals surface area (Å²) in [6.07, 6.45) is -0.429. The van der Waals surface area contributed by atoms with E-state index in [0.717, 1.165) is 16.9 Å². The fraction of sp³-hybridized carbons (Fsp3) is 0.350. The molecule has 0 radical (unpaired) electrons. The third kappa shape index (κ3) is 7.20. The van der Waals surface area contributed by atoms with Crippen LogP contribution in [0.15, 0.2) is 54.6 Å². The molecule has 4 nitrogen and oxygen atoms in total. The van der Waals surface area contributed by atoms with Crippen LogP contribution in [0.1, 0.15) is 31.1 Å². The molecule has 2 N–H and O–H groups in total. The molecule has 0 spiro atoms. The zero-order valence-electron chi connectivity index (χ0n) is 14.6. The Morgan fingerprint density at radius 1 is 1.16 bits per heavy atom. The molecular weight excluding hydrogens is 334 g/mol. The summed E-state index contributed by atoms with van der Waals surface area (Å²) < 4.78 is 5.65. The number of benzene rings is 2. The maximum Gasteiger partial charge on any atom is 0.230 e. The molecular formula is C20H25NO3S. The zero-order valence-corrected chi connectivity index (χ0v) is 15.5. The number of hydrogen-bond acceptors (Lipinski definition) is 4. The normalized spacial score (nSPS) is 12.0. The number of aliphatic hydroxyl groups is 1. The average molecular weight is 359 g/mol. The number of thioether (sulfide) groups is 1. The van der Waals surface area contributed by atoms with Gasteiger partial charge >= 0.3 is 0 Å². The predicted octanol–water partition coefficient (Wildman–Crippen LogP) is 3.56. The van der Waals surface area contributed by atoms with Gasteiger partial charge < -0.3 is 15.2 Å². The van der Waals surface area contributed by atoms with Crippen LogP contribution in [0.5, 0.6) is 5.75 Å². The van der Waals surface area contributed by atoms with E-state index in [1.807, 2.05) is 68.4 Å². The highest BCUT2D eigenvalue weighted by Gasteiger charge is 2.09. The molecule has 0 bridgehead atoms. The minimum Gasteiger partial charge on any atom is -0.491 e. The minimum atomic E-state index is -0.552. The Labute approximate surface area is 153 Å². The van der Waals surface area contributed by atoms with Crippen molar-refractivity contribution in [2.75, 3.05) is 11.5 Å². The van der Waals surface area contributed by atoms with Crippen LogP contribution in [0, 0.1) is 0 Å². The number of aliphatic hydroxyl groups excluding tert-OH is 1. The summed E-state index contributed by atoms with van der Waals surface area (Å²) in [6.45, 7) is 4.43. The van der Waals surface area contributed by atoms with Gasteiger partial charge in [0.1, 0.15) is 5.75 Å². The summed E-state index contributed by atoms with van der Waals surface area (Å²) in [5.74, 6) is 1.59. The number of carbonyl (C=O) groups is 1. The number of carbonyl (C=O) groups excluding carboxylic acids is 1. The maximum atomic E-state index is 12.0. The van der Waals surface area contributed by atoms with E-state index < -0.39 is 6.10 Å². The topological polar surface area (TPSA) is 58.6 Å². The lowest BCUT2D eigenvalue weighted by Crippen LogP contribution is -2.25.